The number of carbonyl (C=O) groups excluding carboxylic acids is 1. The molecule has 5 nitrogen and oxygen atoms in total. The molecule has 1 aromatic carbocycles. The first-order chi connectivity index (χ1) is 16.2. The van der Waals surface area contributed by atoms with Crippen molar-refractivity contribution < 1.29 is 18.0 Å². The lowest BCUT2D eigenvalue weighted by atomic mass is 9.89. The zero-order chi connectivity index (χ0) is 24.3. The number of hydrogen-bond donors (Lipinski definition) is 1. The molecule has 0 bridgehead atoms. The maximum absolute atomic E-state index is 13.8. The molecule has 2 aromatic heterocycles. The average molecular weight is 469 g/mol. The normalized spacial score (nSPS) is 18.6. The number of aromatic nitrogens is 2. The molecular formula is C26H27F3N4O. The molecule has 2 atom stereocenters. The minimum Gasteiger partial charge on any atom is -0.368 e. The Morgan fingerprint density at radius 3 is 2.68 bits per heavy atom. The van der Waals surface area contributed by atoms with Gasteiger partial charge < -0.3 is 10.2 Å². The van der Waals surface area contributed by atoms with Gasteiger partial charge in [0.15, 0.2) is 0 Å². The van der Waals surface area contributed by atoms with Crippen LogP contribution < -0.4 is 5.32 Å². The van der Waals surface area contributed by atoms with E-state index in [0.29, 0.717) is 24.5 Å². The summed E-state index contributed by atoms with van der Waals surface area (Å²) in [6.07, 6.45) is 1.71. The number of aryl methyl sites for hydroxylation is 1. The molecule has 0 spiro atoms. The molecule has 3 heterocycles. The summed E-state index contributed by atoms with van der Waals surface area (Å²) in [5.74, 6) is 0.525. The van der Waals surface area contributed by atoms with Crippen molar-refractivity contribution in [2.75, 3.05) is 18.4 Å². The van der Waals surface area contributed by atoms with Crippen molar-refractivity contribution in [2.24, 2.45) is 5.92 Å². The molecule has 0 saturated carbocycles. The van der Waals surface area contributed by atoms with Gasteiger partial charge in [-0.05, 0) is 55.5 Å². The summed E-state index contributed by atoms with van der Waals surface area (Å²) in [7, 11) is 0. The SMILES string of the molecule is Cc1ccc(-c2cccnc2)c(C(=O)N2CCC[C@H](C)[C@@H]2CNc2ccc(C(F)(F)F)cn2)c1. The highest BCUT2D eigenvalue weighted by atomic mass is 19.4. The van der Waals surface area contributed by atoms with E-state index in [9.17, 15) is 18.0 Å². The Morgan fingerprint density at radius 2 is 2.00 bits per heavy atom. The van der Waals surface area contributed by atoms with Crippen molar-refractivity contribution in [3.8, 4) is 11.1 Å². The highest BCUT2D eigenvalue weighted by molar-refractivity contribution is 6.01. The maximum Gasteiger partial charge on any atom is 0.417 e. The van der Waals surface area contributed by atoms with Crippen LogP contribution in [-0.2, 0) is 6.18 Å². The number of pyridine rings is 2. The van der Waals surface area contributed by atoms with E-state index in [1.807, 2.05) is 42.2 Å². The second-order valence-corrected chi connectivity index (χ2v) is 8.79. The van der Waals surface area contributed by atoms with Gasteiger partial charge in [0.1, 0.15) is 5.82 Å². The number of amides is 1. The number of nitrogens with zero attached hydrogens (tertiary/aromatic N) is 3. The van der Waals surface area contributed by atoms with Gasteiger partial charge in [-0.25, -0.2) is 4.98 Å². The van der Waals surface area contributed by atoms with Crippen molar-refractivity contribution in [1.82, 2.24) is 14.9 Å². The Kier molecular flexibility index (Phi) is 6.86. The lowest BCUT2D eigenvalue weighted by Crippen LogP contribution is -2.51. The summed E-state index contributed by atoms with van der Waals surface area (Å²) >= 11 is 0. The predicted octanol–water partition coefficient (Wildman–Crippen LogP) is 5.82. The number of piperidine rings is 1. The first-order valence-corrected chi connectivity index (χ1v) is 11.3. The van der Waals surface area contributed by atoms with E-state index in [-0.39, 0.29) is 17.9 Å². The number of halogens is 3. The standard InChI is InChI=1S/C26H27F3N4O/c1-17-7-9-21(19-6-3-11-30-14-19)22(13-17)25(34)33-12-4-5-18(2)23(33)16-32-24-10-8-20(15-31-24)26(27,28)29/h3,6-11,13-15,18,23H,4-5,12,16H2,1-2H3,(H,31,32)/t18-,23-/m0/s1. The van der Waals surface area contributed by atoms with Crippen molar-refractivity contribution in [1.29, 1.82) is 0 Å². The highest BCUT2D eigenvalue weighted by Crippen LogP contribution is 2.31. The number of anilines is 1. The molecule has 8 heteroatoms. The van der Waals surface area contributed by atoms with Crippen LogP contribution in [0.5, 0.6) is 0 Å². The van der Waals surface area contributed by atoms with E-state index >= 15 is 0 Å². The van der Waals surface area contributed by atoms with E-state index in [2.05, 4.69) is 22.2 Å². The fourth-order valence-electron chi connectivity index (χ4n) is 4.45. The third kappa shape index (κ3) is 5.21. The second-order valence-electron chi connectivity index (χ2n) is 8.79. The molecule has 1 N–H and O–H groups in total. The van der Waals surface area contributed by atoms with E-state index in [4.69, 9.17) is 0 Å². The quantitative estimate of drug-likeness (QED) is 0.512. The lowest BCUT2D eigenvalue weighted by molar-refractivity contribution is -0.137. The van der Waals surface area contributed by atoms with Crippen LogP contribution in [0.25, 0.3) is 11.1 Å². The summed E-state index contributed by atoms with van der Waals surface area (Å²) in [6, 6.07) is 11.8. The van der Waals surface area contributed by atoms with Gasteiger partial charge in [0.25, 0.3) is 5.91 Å². The van der Waals surface area contributed by atoms with Crippen LogP contribution in [0.2, 0.25) is 0 Å². The summed E-state index contributed by atoms with van der Waals surface area (Å²) in [4.78, 5) is 23.8. The van der Waals surface area contributed by atoms with Crippen LogP contribution in [-0.4, -0.2) is 39.9 Å². The Bertz CT molecular complexity index is 1130. The van der Waals surface area contributed by atoms with Crippen molar-refractivity contribution in [2.45, 2.75) is 38.9 Å². The Labute approximate surface area is 197 Å². The highest BCUT2D eigenvalue weighted by Gasteiger charge is 2.34. The number of rotatable bonds is 5. The van der Waals surface area contributed by atoms with Crippen LogP contribution in [0.15, 0.2) is 61.1 Å². The largest absolute Gasteiger partial charge is 0.417 e. The fraction of sp³-hybridized carbons (Fsp3) is 0.346. The second kappa shape index (κ2) is 9.83. The molecule has 1 amide bonds. The number of carbonyl (C=O) groups is 1. The van der Waals surface area contributed by atoms with E-state index in [1.165, 1.54) is 6.07 Å². The molecule has 1 aliphatic rings. The zero-order valence-electron chi connectivity index (χ0n) is 19.1. The summed E-state index contributed by atoms with van der Waals surface area (Å²) in [5, 5.41) is 3.14. The van der Waals surface area contributed by atoms with Crippen LogP contribution >= 0.6 is 0 Å². The molecule has 0 unspecified atom stereocenters. The lowest BCUT2D eigenvalue weighted by Gasteiger charge is -2.40. The number of likely N-dealkylation sites (tertiary alicyclic amines) is 1. The van der Waals surface area contributed by atoms with Crippen LogP contribution in [0.4, 0.5) is 19.0 Å². The molecular weight excluding hydrogens is 441 g/mol. The average Bonchev–Trinajstić information content (AvgIpc) is 2.83. The minimum absolute atomic E-state index is 0.0544. The molecule has 0 aliphatic carbocycles. The summed E-state index contributed by atoms with van der Waals surface area (Å²) < 4.78 is 38.5. The molecule has 1 aliphatic heterocycles. The molecule has 1 saturated heterocycles. The van der Waals surface area contributed by atoms with E-state index in [0.717, 1.165) is 41.8 Å². The van der Waals surface area contributed by atoms with Gasteiger partial charge in [-0.3, -0.25) is 9.78 Å². The van der Waals surface area contributed by atoms with Gasteiger partial charge in [0.2, 0.25) is 0 Å². The van der Waals surface area contributed by atoms with Gasteiger partial charge in [-0.2, -0.15) is 13.2 Å². The predicted molar refractivity (Wildman–Crippen MR) is 125 cm³/mol. The molecule has 3 aromatic rings. The molecule has 0 radical (unpaired) electrons. The van der Waals surface area contributed by atoms with Crippen molar-refractivity contribution >= 4 is 11.7 Å². The fourth-order valence-corrected chi connectivity index (χ4v) is 4.45. The minimum atomic E-state index is -4.42. The van der Waals surface area contributed by atoms with Crippen LogP contribution in [0.3, 0.4) is 0 Å². The summed E-state index contributed by atoms with van der Waals surface area (Å²) in [5.41, 5.74) is 2.53. The molecule has 34 heavy (non-hydrogen) atoms. The van der Waals surface area contributed by atoms with Gasteiger partial charge in [0.05, 0.1) is 11.6 Å². The topological polar surface area (TPSA) is 58.1 Å². The Hall–Kier alpha value is -3.42. The van der Waals surface area contributed by atoms with Crippen molar-refractivity contribution in [3.63, 3.8) is 0 Å². The van der Waals surface area contributed by atoms with Gasteiger partial charge >= 0.3 is 6.18 Å². The number of alkyl halides is 3. The molecule has 178 valence electrons. The Balaban J connectivity index is 1.57. The smallest absolute Gasteiger partial charge is 0.368 e. The van der Waals surface area contributed by atoms with E-state index < -0.39 is 11.7 Å². The number of hydrogen-bond acceptors (Lipinski definition) is 4. The Morgan fingerprint density at radius 1 is 1.18 bits per heavy atom. The number of nitrogens with one attached hydrogen (secondary N) is 1. The van der Waals surface area contributed by atoms with Crippen LogP contribution in [0, 0.1) is 12.8 Å². The maximum atomic E-state index is 13.8. The van der Waals surface area contributed by atoms with Crippen LogP contribution in [0.1, 0.15) is 41.3 Å². The third-order valence-electron chi connectivity index (χ3n) is 6.34. The number of benzene rings is 1. The zero-order valence-corrected chi connectivity index (χ0v) is 19.1. The van der Waals surface area contributed by atoms with Gasteiger partial charge in [-0.1, -0.05) is 30.7 Å². The van der Waals surface area contributed by atoms with Crippen molar-refractivity contribution in [3.05, 3.63) is 77.7 Å². The van der Waals surface area contributed by atoms with Gasteiger partial charge in [-0.15, -0.1) is 0 Å². The van der Waals surface area contributed by atoms with E-state index in [1.54, 1.807) is 12.4 Å². The summed E-state index contributed by atoms with van der Waals surface area (Å²) in [6.45, 7) is 5.08. The first-order valence-electron chi connectivity index (χ1n) is 11.3. The first kappa shape index (κ1) is 23.7. The van der Waals surface area contributed by atoms with Gasteiger partial charge in [0, 0.05) is 42.8 Å². The monoisotopic (exact) mass is 468 g/mol. The molecule has 4 rings (SSSR count). The third-order valence-corrected chi connectivity index (χ3v) is 6.34. The molecule has 1 fully saturated rings.